The molecule has 2 aromatic rings. The predicted molar refractivity (Wildman–Crippen MR) is 72.5 cm³/mol. The highest BCUT2D eigenvalue weighted by molar-refractivity contribution is 5.70. The van der Waals surface area contributed by atoms with Gasteiger partial charge in [-0.1, -0.05) is 0 Å². The minimum absolute atomic E-state index is 0.226. The van der Waals surface area contributed by atoms with Gasteiger partial charge in [0.2, 0.25) is 5.95 Å². The standard InChI is InChI=1S/C13H16FN5O/c1-18-7-15-10-9(18)11(20)17-12(16-10)19-5-8-2-3-13(14,4-8)6-19/h7-8H,2-6H2,1H3,(H,16,17,20). The smallest absolute Gasteiger partial charge is 0.278 e. The lowest BCUT2D eigenvalue weighted by molar-refractivity contribution is 0.156. The average Bonchev–Trinajstić information content (AvgIpc) is 2.90. The maximum absolute atomic E-state index is 14.5. The summed E-state index contributed by atoms with van der Waals surface area (Å²) in [5.74, 6) is 0.799. The monoisotopic (exact) mass is 277 g/mol. The van der Waals surface area contributed by atoms with Crippen molar-refractivity contribution in [3.05, 3.63) is 16.7 Å². The van der Waals surface area contributed by atoms with Crippen LogP contribution in [0.1, 0.15) is 19.3 Å². The second-order valence-electron chi connectivity index (χ2n) is 6.06. The lowest BCUT2D eigenvalue weighted by atomic mass is 9.96. The van der Waals surface area contributed by atoms with E-state index in [2.05, 4.69) is 15.0 Å². The summed E-state index contributed by atoms with van der Waals surface area (Å²) < 4.78 is 16.2. The van der Waals surface area contributed by atoms with Crippen molar-refractivity contribution in [2.24, 2.45) is 13.0 Å². The van der Waals surface area contributed by atoms with E-state index in [1.807, 2.05) is 4.90 Å². The number of H-pyrrole nitrogens is 1. The van der Waals surface area contributed by atoms with Crippen molar-refractivity contribution in [1.29, 1.82) is 0 Å². The van der Waals surface area contributed by atoms with Crippen LogP contribution in [0.15, 0.2) is 11.1 Å². The number of aromatic amines is 1. The Balaban J connectivity index is 1.77. The first-order valence-corrected chi connectivity index (χ1v) is 6.89. The number of aryl methyl sites for hydroxylation is 1. The number of hydrogen-bond acceptors (Lipinski definition) is 4. The third-order valence-corrected chi connectivity index (χ3v) is 4.48. The molecule has 0 amide bonds. The van der Waals surface area contributed by atoms with Crippen molar-refractivity contribution < 1.29 is 4.39 Å². The van der Waals surface area contributed by atoms with Crippen LogP contribution in [-0.2, 0) is 7.05 Å². The van der Waals surface area contributed by atoms with Gasteiger partial charge in [-0.3, -0.25) is 9.78 Å². The number of aromatic nitrogens is 4. The number of nitrogens with one attached hydrogen (secondary N) is 1. The molecule has 0 radical (unpaired) electrons. The highest BCUT2D eigenvalue weighted by atomic mass is 19.1. The van der Waals surface area contributed by atoms with Crippen molar-refractivity contribution in [2.75, 3.05) is 18.0 Å². The molecular weight excluding hydrogens is 261 g/mol. The molecule has 2 aliphatic rings. The molecule has 6 nitrogen and oxygen atoms in total. The fourth-order valence-corrected chi connectivity index (χ4v) is 3.56. The number of rotatable bonds is 1. The molecule has 1 N–H and O–H groups in total. The normalized spacial score (nSPS) is 29.3. The third-order valence-electron chi connectivity index (χ3n) is 4.48. The molecule has 2 unspecified atom stereocenters. The van der Waals surface area contributed by atoms with E-state index in [0.717, 1.165) is 13.0 Å². The Kier molecular flexibility index (Phi) is 2.26. The molecule has 3 heterocycles. The SMILES string of the molecule is Cn1cnc2nc(N3CC4CCC(F)(C4)C3)[nH]c(=O)c21. The first-order valence-electron chi connectivity index (χ1n) is 6.89. The van der Waals surface area contributed by atoms with E-state index in [1.54, 1.807) is 17.9 Å². The molecule has 2 fully saturated rings. The van der Waals surface area contributed by atoms with E-state index in [4.69, 9.17) is 0 Å². The van der Waals surface area contributed by atoms with Crippen molar-refractivity contribution in [1.82, 2.24) is 19.5 Å². The van der Waals surface area contributed by atoms with Crippen LogP contribution in [0.5, 0.6) is 0 Å². The molecule has 0 aromatic carbocycles. The molecule has 1 aliphatic heterocycles. The summed E-state index contributed by atoms with van der Waals surface area (Å²) in [6, 6.07) is 0. The molecule has 1 aliphatic carbocycles. The van der Waals surface area contributed by atoms with Gasteiger partial charge in [0.15, 0.2) is 11.2 Å². The Labute approximate surface area is 114 Å². The lowest BCUT2D eigenvalue weighted by Crippen LogP contribution is -2.45. The molecular formula is C13H16FN5O. The van der Waals surface area contributed by atoms with Gasteiger partial charge in [-0.05, 0) is 25.2 Å². The van der Waals surface area contributed by atoms with Crippen LogP contribution in [0, 0.1) is 5.92 Å². The first kappa shape index (κ1) is 11.9. The number of fused-ring (bicyclic) bond motifs is 3. The molecule has 0 spiro atoms. The Hall–Kier alpha value is -1.92. The van der Waals surface area contributed by atoms with E-state index >= 15 is 0 Å². The van der Waals surface area contributed by atoms with Crippen LogP contribution in [0.25, 0.3) is 11.2 Å². The fourth-order valence-electron chi connectivity index (χ4n) is 3.56. The second-order valence-corrected chi connectivity index (χ2v) is 6.06. The number of imidazole rings is 1. The van der Waals surface area contributed by atoms with Crippen molar-refractivity contribution in [2.45, 2.75) is 24.9 Å². The minimum atomic E-state index is -1.12. The van der Waals surface area contributed by atoms with Gasteiger partial charge in [-0.2, -0.15) is 4.98 Å². The van der Waals surface area contributed by atoms with E-state index in [-0.39, 0.29) is 5.56 Å². The first-order chi connectivity index (χ1) is 9.54. The number of hydrogen-bond donors (Lipinski definition) is 1. The number of piperidine rings is 1. The van der Waals surface area contributed by atoms with Crippen LogP contribution >= 0.6 is 0 Å². The lowest BCUT2D eigenvalue weighted by Gasteiger charge is -2.35. The predicted octanol–water partition coefficient (Wildman–Crippen LogP) is 0.985. The van der Waals surface area contributed by atoms with E-state index in [9.17, 15) is 9.18 Å². The molecule has 20 heavy (non-hydrogen) atoms. The Morgan fingerprint density at radius 3 is 3.20 bits per heavy atom. The quantitative estimate of drug-likeness (QED) is 0.844. The zero-order valence-electron chi connectivity index (χ0n) is 11.3. The zero-order valence-corrected chi connectivity index (χ0v) is 11.3. The summed E-state index contributed by atoms with van der Waals surface area (Å²) in [6.07, 6.45) is 3.74. The topological polar surface area (TPSA) is 66.8 Å². The summed E-state index contributed by atoms with van der Waals surface area (Å²) in [4.78, 5) is 25.2. The van der Waals surface area contributed by atoms with Crippen molar-refractivity contribution in [3.63, 3.8) is 0 Å². The van der Waals surface area contributed by atoms with Gasteiger partial charge >= 0.3 is 0 Å². The summed E-state index contributed by atoms with van der Waals surface area (Å²) in [7, 11) is 1.75. The number of anilines is 1. The Morgan fingerprint density at radius 2 is 2.40 bits per heavy atom. The molecule has 1 saturated carbocycles. The van der Waals surface area contributed by atoms with Crippen molar-refractivity contribution in [3.8, 4) is 0 Å². The van der Waals surface area contributed by atoms with Gasteiger partial charge in [0.05, 0.1) is 12.9 Å². The molecule has 106 valence electrons. The summed E-state index contributed by atoms with van der Waals surface area (Å²) in [5, 5.41) is 0. The zero-order chi connectivity index (χ0) is 13.9. The van der Waals surface area contributed by atoms with Crippen molar-refractivity contribution >= 4 is 17.1 Å². The molecule has 1 saturated heterocycles. The van der Waals surface area contributed by atoms with Crippen LogP contribution in [-0.4, -0.2) is 38.3 Å². The third kappa shape index (κ3) is 1.65. The van der Waals surface area contributed by atoms with Crippen LogP contribution < -0.4 is 10.5 Å². The van der Waals surface area contributed by atoms with Gasteiger partial charge in [0, 0.05) is 13.6 Å². The summed E-state index contributed by atoms with van der Waals surface area (Å²) >= 11 is 0. The second kappa shape index (κ2) is 3.80. The Bertz CT molecular complexity index is 738. The Morgan fingerprint density at radius 1 is 1.55 bits per heavy atom. The van der Waals surface area contributed by atoms with Gasteiger partial charge in [-0.25, -0.2) is 9.37 Å². The molecule has 7 heteroatoms. The highest BCUT2D eigenvalue weighted by Crippen LogP contribution is 2.43. The van der Waals surface area contributed by atoms with E-state index < -0.39 is 5.67 Å². The molecule has 2 bridgehead atoms. The van der Waals surface area contributed by atoms with Gasteiger partial charge in [0.1, 0.15) is 5.67 Å². The van der Waals surface area contributed by atoms with Crippen LogP contribution in [0.3, 0.4) is 0 Å². The average molecular weight is 277 g/mol. The largest absolute Gasteiger partial charge is 0.339 e. The summed E-state index contributed by atoms with van der Waals surface area (Å²) in [5.41, 5.74) is -0.489. The van der Waals surface area contributed by atoms with E-state index in [0.29, 0.717) is 42.4 Å². The number of halogens is 1. The van der Waals surface area contributed by atoms with E-state index in [1.165, 1.54) is 0 Å². The fraction of sp³-hybridized carbons (Fsp3) is 0.615. The maximum Gasteiger partial charge on any atom is 0.278 e. The van der Waals surface area contributed by atoms with Crippen LogP contribution in [0.4, 0.5) is 10.3 Å². The number of alkyl halides is 1. The maximum atomic E-state index is 14.5. The van der Waals surface area contributed by atoms with Gasteiger partial charge in [-0.15, -0.1) is 0 Å². The summed E-state index contributed by atoms with van der Waals surface area (Å²) in [6.45, 7) is 1.07. The minimum Gasteiger partial charge on any atom is -0.339 e. The molecule has 2 atom stereocenters. The molecule has 4 rings (SSSR count). The van der Waals surface area contributed by atoms with Crippen LogP contribution in [0.2, 0.25) is 0 Å². The van der Waals surface area contributed by atoms with Gasteiger partial charge in [0.25, 0.3) is 5.56 Å². The molecule has 2 aromatic heterocycles. The number of nitrogens with zero attached hydrogens (tertiary/aromatic N) is 4. The van der Waals surface area contributed by atoms with Gasteiger partial charge < -0.3 is 9.47 Å². The highest BCUT2D eigenvalue weighted by Gasteiger charge is 2.46.